The van der Waals surface area contributed by atoms with Gasteiger partial charge in [-0.1, -0.05) is 0 Å². The Labute approximate surface area is 219 Å². The number of piperidine rings is 1. The van der Waals surface area contributed by atoms with Gasteiger partial charge in [0.05, 0.1) is 25.3 Å². The molecule has 2 aliphatic heterocycles. The number of morpholine rings is 1. The molecule has 2 fully saturated rings. The minimum atomic E-state index is -3.02. The van der Waals surface area contributed by atoms with Crippen molar-refractivity contribution >= 4 is 17.3 Å². The molecule has 3 heterocycles. The summed E-state index contributed by atoms with van der Waals surface area (Å²) in [5.41, 5.74) is 2.61. The first-order valence-electron chi connectivity index (χ1n) is 12.1. The van der Waals surface area contributed by atoms with Gasteiger partial charge >= 0.3 is 0 Å². The van der Waals surface area contributed by atoms with Gasteiger partial charge in [0.2, 0.25) is 5.95 Å². The Balaban J connectivity index is 0.00000164. The van der Waals surface area contributed by atoms with Crippen LogP contribution in [0.4, 0.5) is 26.1 Å². The maximum atomic E-state index is 14.2. The van der Waals surface area contributed by atoms with Crippen LogP contribution < -0.4 is 20.3 Å². The first kappa shape index (κ1) is 27.1. The van der Waals surface area contributed by atoms with Crippen LogP contribution in [-0.2, 0) is 4.74 Å². The van der Waals surface area contributed by atoms with E-state index in [0.717, 1.165) is 44.8 Å². The van der Waals surface area contributed by atoms with Gasteiger partial charge in [-0.25, -0.2) is 18.7 Å². The second kappa shape index (κ2) is 12.6. The van der Waals surface area contributed by atoms with E-state index in [0.29, 0.717) is 23.9 Å². The number of nitrogens with zero attached hydrogens (tertiary/aromatic N) is 5. The Morgan fingerprint density at radius 1 is 1.16 bits per heavy atom. The molecule has 0 radical (unpaired) electrons. The second-order valence-electron chi connectivity index (χ2n) is 8.56. The molecular weight excluding hydrogens is 496 g/mol. The first-order valence-corrected chi connectivity index (χ1v) is 12.1. The van der Waals surface area contributed by atoms with Crippen LogP contribution in [0.5, 0.6) is 5.75 Å². The van der Waals surface area contributed by atoms with Crippen molar-refractivity contribution in [2.24, 2.45) is 0 Å². The van der Waals surface area contributed by atoms with Crippen molar-refractivity contribution in [3.05, 3.63) is 54.4 Å². The minimum absolute atomic E-state index is 0.112. The van der Waals surface area contributed by atoms with Crippen LogP contribution in [0.15, 0.2) is 48.8 Å². The summed E-state index contributed by atoms with van der Waals surface area (Å²) in [7, 11) is 1.00. The predicted octanol–water partition coefficient (Wildman–Crippen LogP) is 2.97. The molecule has 0 spiro atoms. The van der Waals surface area contributed by atoms with Crippen molar-refractivity contribution in [2.45, 2.75) is 18.4 Å². The molecule has 2 aliphatic rings. The first-order chi connectivity index (χ1) is 18.5. The number of nitriles is 1. The Bertz CT molecular complexity index is 1250. The van der Waals surface area contributed by atoms with E-state index in [4.69, 9.17) is 14.6 Å². The Kier molecular flexibility index (Phi) is 8.96. The van der Waals surface area contributed by atoms with Crippen LogP contribution in [0, 0.1) is 11.3 Å². The minimum Gasteiger partial charge on any atom is -0.483 e. The number of ether oxygens (including phenoxy) is 2. The number of aliphatic hydroxyl groups excluding tert-OH is 1. The second-order valence-corrected chi connectivity index (χ2v) is 8.56. The molecule has 0 saturated carbocycles. The molecule has 3 aromatic rings. The maximum absolute atomic E-state index is 14.2. The highest BCUT2D eigenvalue weighted by molar-refractivity contribution is 5.64. The van der Waals surface area contributed by atoms with E-state index >= 15 is 0 Å². The lowest BCUT2D eigenvalue weighted by atomic mass is 10.0. The lowest BCUT2D eigenvalue weighted by Crippen LogP contribution is -2.52. The average molecular weight is 526 g/mol. The van der Waals surface area contributed by atoms with Crippen molar-refractivity contribution in [1.82, 2.24) is 20.3 Å². The fourth-order valence-corrected chi connectivity index (χ4v) is 4.17. The van der Waals surface area contributed by atoms with E-state index in [1.54, 1.807) is 6.07 Å². The molecule has 1 unspecified atom stereocenters. The quantitative estimate of drug-likeness (QED) is 0.442. The van der Waals surface area contributed by atoms with Crippen molar-refractivity contribution in [3.8, 4) is 23.2 Å². The normalized spacial score (nSPS) is 18.5. The van der Waals surface area contributed by atoms with Crippen molar-refractivity contribution in [3.63, 3.8) is 0 Å². The van der Waals surface area contributed by atoms with E-state index in [9.17, 15) is 14.0 Å². The third-order valence-corrected chi connectivity index (χ3v) is 6.11. The van der Waals surface area contributed by atoms with Gasteiger partial charge in [-0.05, 0) is 49.0 Å². The van der Waals surface area contributed by atoms with Gasteiger partial charge in [0, 0.05) is 43.6 Å². The van der Waals surface area contributed by atoms with Gasteiger partial charge < -0.3 is 30.1 Å². The largest absolute Gasteiger partial charge is 0.483 e. The van der Waals surface area contributed by atoms with Crippen LogP contribution in [0.3, 0.4) is 0 Å². The number of benzene rings is 2. The SMILES string of the molecule is CO.N#Cc1cc(-c2ncnc(Nc3ccc(N4CCOCC4)cc3)n2)ccc1OC1CCNCC1(F)F. The van der Waals surface area contributed by atoms with Gasteiger partial charge in [-0.15, -0.1) is 0 Å². The van der Waals surface area contributed by atoms with Crippen LogP contribution in [-0.4, -0.2) is 78.6 Å². The molecule has 2 saturated heterocycles. The fraction of sp³-hybridized carbons (Fsp3) is 0.385. The summed E-state index contributed by atoms with van der Waals surface area (Å²) in [6, 6.07) is 14.7. The molecule has 200 valence electrons. The van der Waals surface area contributed by atoms with Crippen molar-refractivity contribution in [1.29, 1.82) is 5.26 Å². The van der Waals surface area contributed by atoms with E-state index < -0.39 is 18.6 Å². The highest BCUT2D eigenvalue weighted by Gasteiger charge is 2.43. The molecule has 5 rings (SSSR count). The van der Waals surface area contributed by atoms with E-state index in [1.807, 2.05) is 30.3 Å². The van der Waals surface area contributed by atoms with Gasteiger partial charge in [-0.2, -0.15) is 10.2 Å². The zero-order chi connectivity index (χ0) is 27.0. The van der Waals surface area contributed by atoms with Crippen LogP contribution in [0.2, 0.25) is 0 Å². The van der Waals surface area contributed by atoms with Gasteiger partial charge in [0.25, 0.3) is 5.92 Å². The summed E-state index contributed by atoms with van der Waals surface area (Å²) in [6.07, 6.45) is 0.230. The number of alkyl halides is 2. The zero-order valence-corrected chi connectivity index (χ0v) is 20.9. The van der Waals surface area contributed by atoms with Crippen LogP contribution >= 0.6 is 0 Å². The smallest absolute Gasteiger partial charge is 0.296 e. The lowest BCUT2D eigenvalue weighted by molar-refractivity contribution is -0.109. The third-order valence-electron chi connectivity index (χ3n) is 6.11. The van der Waals surface area contributed by atoms with E-state index in [1.165, 1.54) is 18.5 Å². The number of nitrogens with one attached hydrogen (secondary N) is 2. The number of aliphatic hydroxyl groups is 1. The number of anilines is 3. The third kappa shape index (κ3) is 6.49. The van der Waals surface area contributed by atoms with Crippen molar-refractivity contribution in [2.75, 3.05) is 56.7 Å². The summed E-state index contributed by atoms with van der Waals surface area (Å²) >= 11 is 0. The molecule has 0 amide bonds. The monoisotopic (exact) mass is 525 g/mol. The molecular formula is C26H29F2N7O3. The van der Waals surface area contributed by atoms with Gasteiger partial charge in [-0.3, -0.25) is 0 Å². The standard InChI is InChI=1S/C25H25F2N7O2.CH4O/c26-25(27)15-29-8-7-22(25)36-21-6-1-17(13-18(21)14-28)23-30-16-31-24(33-23)32-19-2-4-20(5-3-19)34-9-11-35-12-10-34;1-2/h1-6,13,16,22,29H,7-12,15H2,(H,30,31,32,33);2H,1H3. The Morgan fingerprint density at radius 2 is 1.92 bits per heavy atom. The molecule has 12 heteroatoms. The molecule has 1 aromatic heterocycles. The van der Waals surface area contributed by atoms with E-state index in [-0.39, 0.29) is 17.7 Å². The topological polar surface area (TPSA) is 128 Å². The van der Waals surface area contributed by atoms with Gasteiger partial charge in [0.15, 0.2) is 11.9 Å². The number of hydrogen-bond acceptors (Lipinski definition) is 10. The zero-order valence-electron chi connectivity index (χ0n) is 20.9. The Morgan fingerprint density at radius 3 is 2.63 bits per heavy atom. The molecule has 0 bridgehead atoms. The highest BCUT2D eigenvalue weighted by Crippen LogP contribution is 2.31. The molecule has 3 N–H and O–H groups in total. The summed E-state index contributed by atoms with van der Waals surface area (Å²) in [4.78, 5) is 15.1. The molecule has 38 heavy (non-hydrogen) atoms. The number of rotatable bonds is 6. The predicted molar refractivity (Wildman–Crippen MR) is 138 cm³/mol. The fourth-order valence-electron chi connectivity index (χ4n) is 4.17. The van der Waals surface area contributed by atoms with Crippen LogP contribution in [0.25, 0.3) is 11.4 Å². The molecule has 1 atom stereocenters. The summed E-state index contributed by atoms with van der Waals surface area (Å²) in [6.45, 7) is 3.14. The number of hydrogen-bond donors (Lipinski definition) is 3. The summed E-state index contributed by atoms with van der Waals surface area (Å²) in [5.74, 6) is -2.22. The molecule has 0 aliphatic carbocycles. The molecule has 10 nitrogen and oxygen atoms in total. The Hall–Kier alpha value is -3.92. The molecule has 2 aromatic carbocycles. The number of aromatic nitrogens is 3. The van der Waals surface area contributed by atoms with Gasteiger partial charge in [0.1, 0.15) is 18.1 Å². The lowest BCUT2D eigenvalue weighted by Gasteiger charge is -2.32. The van der Waals surface area contributed by atoms with Crippen LogP contribution in [0.1, 0.15) is 12.0 Å². The van der Waals surface area contributed by atoms with E-state index in [2.05, 4.69) is 30.5 Å². The number of halogens is 2. The summed E-state index contributed by atoms with van der Waals surface area (Å²) < 4.78 is 39.3. The van der Waals surface area contributed by atoms with Crippen molar-refractivity contribution < 1.29 is 23.4 Å². The average Bonchev–Trinajstić information content (AvgIpc) is 2.96. The maximum Gasteiger partial charge on any atom is 0.296 e. The summed E-state index contributed by atoms with van der Waals surface area (Å²) in [5, 5.41) is 22.4. The highest BCUT2D eigenvalue weighted by atomic mass is 19.3.